The SMILES string of the molecule is CCC(C)(C)C(C)CCOC(=O)c1c(Cl)c(Cl)cc(Cl)c1OC(=O)C(=O)Oc1c(Cl)cc(Cl)c(Cl)c1C(=O)OCCC(C)C(C)(C)CC. The number of rotatable bonds is 14. The molecule has 0 amide bonds. The molecule has 0 aliphatic carbocycles. The van der Waals surface area contributed by atoms with Gasteiger partial charge in [0.25, 0.3) is 0 Å². The first kappa shape index (κ1) is 42.2. The first-order valence-corrected chi connectivity index (χ1v) is 17.6. The Bertz CT molecular complexity index is 1420. The maximum Gasteiger partial charge on any atom is 0.423 e. The van der Waals surface area contributed by atoms with Crippen molar-refractivity contribution in [2.45, 2.75) is 81.1 Å². The van der Waals surface area contributed by atoms with Gasteiger partial charge in [0.2, 0.25) is 0 Å². The van der Waals surface area contributed by atoms with Gasteiger partial charge in [0.05, 0.1) is 43.3 Å². The Kier molecular flexibility index (Phi) is 15.7. The summed E-state index contributed by atoms with van der Waals surface area (Å²) in [6.45, 7) is 16.7. The molecule has 0 saturated carbocycles. The van der Waals surface area contributed by atoms with E-state index < -0.39 is 46.5 Å². The zero-order valence-corrected chi connectivity index (χ0v) is 32.6. The van der Waals surface area contributed by atoms with Crippen molar-refractivity contribution in [1.82, 2.24) is 0 Å². The molecule has 14 heteroatoms. The Hall–Kier alpha value is -1.94. The van der Waals surface area contributed by atoms with Crippen LogP contribution in [0.1, 0.15) is 102 Å². The van der Waals surface area contributed by atoms with Crippen molar-refractivity contribution in [3.8, 4) is 11.5 Å². The van der Waals surface area contributed by atoms with E-state index in [1.165, 1.54) is 0 Å². The molecule has 8 nitrogen and oxygen atoms in total. The molecule has 0 N–H and O–H groups in total. The van der Waals surface area contributed by atoms with Crippen LogP contribution >= 0.6 is 69.6 Å². The highest BCUT2D eigenvalue weighted by molar-refractivity contribution is 6.47. The minimum Gasteiger partial charge on any atom is -0.462 e. The minimum atomic E-state index is -1.65. The lowest BCUT2D eigenvalue weighted by molar-refractivity contribution is -0.156. The van der Waals surface area contributed by atoms with Crippen LogP contribution in [0.25, 0.3) is 0 Å². The minimum absolute atomic E-state index is 0.00267. The summed E-state index contributed by atoms with van der Waals surface area (Å²) in [5.74, 6) is -6.07. The topological polar surface area (TPSA) is 105 Å². The average molecular weight is 789 g/mol. The van der Waals surface area contributed by atoms with Crippen LogP contribution < -0.4 is 9.47 Å². The molecule has 48 heavy (non-hydrogen) atoms. The Morgan fingerprint density at radius 2 is 0.917 bits per heavy atom. The summed E-state index contributed by atoms with van der Waals surface area (Å²) in [6, 6.07) is 2.24. The van der Waals surface area contributed by atoms with Crippen LogP contribution in [0, 0.1) is 22.7 Å². The van der Waals surface area contributed by atoms with Gasteiger partial charge in [-0.1, -0.05) is 138 Å². The summed E-state index contributed by atoms with van der Waals surface area (Å²) < 4.78 is 21.2. The van der Waals surface area contributed by atoms with Crippen LogP contribution in [0.4, 0.5) is 0 Å². The molecule has 2 aromatic carbocycles. The second-order valence-corrected chi connectivity index (χ2v) is 15.2. The molecule has 2 atom stereocenters. The van der Waals surface area contributed by atoms with Crippen molar-refractivity contribution in [1.29, 1.82) is 0 Å². The lowest BCUT2D eigenvalue weighted by Gasteiger charge is -2.30. The van der Waals surface area contributed by atoms with E-state index in [2.05, 4.69) is 41.5 Å². The van der Waals surface area contributed by atoms with E-state index >= 15 is 0 Å². The van der Waals surface area contributed by atoms with Crippen molar-refractivity contribution >= 4 is 93.5 Å². The Morgan fingerprint density at radius 1 is 0.604 bits per heavy atom. The predicted molar refractivity (Wildman–Crippen MR) is 190 cm³/mol. The zero-order chi connectivity index (χ0) is 36.7. The molecule has 2 rings (SSSR count). The van der Waals surface area contributed by atoms with E-state index in [4.69, 9.17) is 88.6 Å². The van der Waals surface area contributed by atoms with Gasteiger partial charge in [-0.25, -0.2) is 19.2 Å². The van der Waals surface area contributed by atoms with Gasteiger partial charge < -0.3 is 18.9 Å². The number of hydrogen-bond acceptors (Lipinski definition) is 8. The van der Waals surface area contributed by atoms with Crippen LogP contribution in [0.2, 0.25) is 30.1 Å². The average Bonchev–Trinajstić information content (AvgIpc) is 3.01. The first-order valence-electron chi connectivity index (χ1n) is 15.3. The smallest absolute Gasteiger partial charge is 0.423 e. The predicted octanol–water partition coefficient (Wildman–Crippen LogP) is 11.4. The van der Waals surface area contributed by atoms with E-state index in [0.717, 1.165) is 25.0 Å². The highest BCUT2D eigenvalue weighted by atomic mass is 35.5. The van der Waals surface area contributed by atoms with Gasteiger partial charge in [-0.2, -0.15) is 0 Å². The molecule has 0 saturated heterocycles. The molecular weight excluding hydrogens is 749 g/mol. The number of halogens is 6. The molecule has 0 aliphatic heterocycles. The Balaban J connectivity index is 2.31. The molecule has 0 fully saturated rings. The number of ether oxygens (including phenoxy) is 4. The molecule has 266 valence electrons. The van der Waals surface area contributed by atoms with Crippen LogP contribution in [-0.4, -0.2) is 37.1 Å². The maximum absolute atomic E-state index is 13.1. The van der Waals surface area contributed by atoms with E-state index in [9.17, 15) is 19.2 Å². The molecule has 0 bridgehead atoms. The van der Waals surface area contributed by atoms with Gasteiger partial charge in [-0.3, -0.25) is 0 Å². The van der Waals surface area contributed by atoms with Crippen molar-refractivity contribution < 1.29 is 38.1 Å². The van der Waals surface area contributed by atoms with Gasteiger partial charge in [-0.15, -0.1) is 0 Å². The highest BCUT2D eigenvalue weighted by Crippen LogP contribution is 2.42. The maximum atomic E-state index is 13.1. The Morgan fingerprint density at radius 3 is 1.21 bits per heavy atom. The van der Waals surface area contributed by atoms with E-state index in [1.807, 2.05) is 13.8 Å². The third-order valence-corrected chi connectivity index (χ3v) is 11.4. The van der Waals surface area contributed by atoms with Crippen LogP contribution in [0.5, 0.6) is 11.5 Å². The van der Waals surface area contributed by atoms with Gasteiger partial charge >= 0.3 is 23.9 Å². The fourth-order valence-electron chi connectivity index (χ4n) is 4.27. The zero-order valence-electron chi connectivity index (χ0n) is 28.1. The van der Waals surface area contributed by atoms with E-state index in [0.29, 0.717) is 12.8 Å². The quantitative estimate of drug-likeness (QED) is 0.0806. The second kappa shape index (κ2) is 17.8. The molecule has 0 aromatic heterocycles. The van der Waals surface area contributed by atoms with Gasteiger partial charge in [0, 0.05) is 0 Å². The molecular formula is C34H40Cl6O8. The van der Waals surface area contributed by atoms with Crippen molar-refractivity contribution in [2.24, 2.45) is 22.7 Å². The van der Waals surface area contributed by atoms with Crippen LogP contribution in [0.3, 0.4) is 0 Å². The highest BCUT2D eigenvalue weighted by Gasteiger charge is 2.33. The van der Waals surface area contributed by atoms with Crippen molar-refractivity contribution in [3.05, 3.63) is 53.4 Å². The standard InChI is InChI=1S/C34H40Cl6O8/c1-9-33(5,6)17(3)11-13-45-29(41)23-25(39)19(35)15-21(37)27(23)47-31(43)32(44)48-28-22(38)16-20(36)26(40)24(28)30(42)46-14-12-18(4)34(7,8)10-2/h15-18H,9-14H2,1-8H3. The number of carbonyl (C=O) groups is 4. The summed E-state index contributed by atoms with van der Waals surface area (Å²) in [5, 5.41) is -1.55. The van der Waals surface area contributed by atoms with Gasteiger partial charge in [-0.05, 0) is 47.6 Å². The number of benzene rings is 2. The fourth-order valence-corrected chi connectivity index (χ4v) is 5.71. The number of esters is 4. The third-order valence-electron chi connectivity index (χ3n) is 9.28. The fraction of sp³-hybridized carbons (Fsp3) is 0.529. The van der Waals surface area contributed by atoms with Gasteiger partial charge in [0.1, 0.15) is 11.1 Å². The van der Waals surface area contributed by atoms with Crippen molar-refractivity contribution in [3.63, 3.8) is 0 Å². The van der Waals surface area contributed by atoms with E-state index in [-0.39, 0.29) is 66.0 Å². The lowest BCUT2D eigenvalue weighted by Crippen LogP contribution is -2.28. The van der Waals surface area contributed by atoms with E-state index in [1.54, 1.807) is 0 Å². The molecule has 2 aromatic rings. The summed E-state index contributed by atoms with van der Waals surface area (Å²) in [4.78, 5) is 52.3. The molecule has 0 aliphatic rings. The first-order chi connectivity index (χ1) is 22.2. The Labute approximate surface area is 311 Å². The molecule has 0 spiro atoms. The molecule has 0 radical (unpaired) electrons. The van der Waals surface area contributed by atoms with Crippen molar-refractivity contribution in [2.75, 3.05) is 13.2 Å². The second-order valence-electron chi connectivity index (χ2n) is 12.8. The van der Waals surface area contributed by atoms with Crippen LogP contribution in [-0.2, 0) is 19.1 Å². The number of hydrogen-bond donors (Lipinski definition) is 0. The third kappa shape index (κ3) is 10.5. The summed E-state index contributed by atoms with van der Waals surface area (Å²) in [7, 11) is 0. The van der Waals surface area contributed by atoms with Crippen LogP contribution in [0.15, 0.2) is 12.1 Å². The largest absolute Gasteiger partial charge is 0.462 e. The summed E-state index contributed by atoms with van der Waals surface area (Å²) >= 11 is 37.4. The normalized spacial score (nSPS) is 13.0. The molecule has 2 unspecified atom stereocenters. The van der Waals surface area contributed by atoms with Gasteiger partial charge in [0.15, 0.2) is 11.5 Å². The number of carbonyl (C=O) groups excluding carboxylic acids is 4. The molecule has 0 heterocycles. The monoisotopic (exact) mass is 786 g/mol. The lowest BCUT2D eigenvalue weighted by atomic mass is 9.76. The summed E-state index contributed by atoms with van der Waals surface area (Å²) in [5.41, 5.74) is -0.948. The summed E-state index contributed by atoms with van der Waals surface area (Å²) in [6.07, 6.45) is 2.90.